The fourth-order valence-corrected chi connectivity index (χ4v) is 5.29. The lowest BCUT2D eigenvalue weighted by atomic mass is 9.90. The van der Waals surface area contributed by atoms with Crippen LogP contribution < -0.4 is 5.32 Å². The molecule has 0 bridgehead atoms. The Labute approximate surface area is 147 Å². The van der Waals surface area contributed by atoms with Gasteiger partial charge in [-0.15, -0.1) is 10.2 Å². The van der Waals surface area contributed by atoms with Crippen molar-refractivity contribution < 1.29 is 4.79 Å². The van der Waals surface area contributed by atoms with E-state index in [9.17, 15) is 4.79 Å². The van der Waals surface area contributed by atoms with Gasteiger partial charge in [0, 0.05) is 31.6 Å². The van der Waals surface area contributed by atoms with Gasteiger partial charge in [-0.05, 0) is 32.2 Å². The molecule has 2 saturated heterocycles. The number of fused-ring (bicyclic) bond motifs is 1. The number of piperazine rings is 1. The lowest BCUT2D eigenvalue weighted by Crippen LogP contribution is -2.51. The van der Waals surface area contributed by atoms with Crippen molar-refractivity contribution in [3.05, 3.63) is 5.01 Å². The molecular weight excluding hydrogens is 322 g/mol. The molecule has 132 valence electrons. The summed E-state index contributed by atoms with van der Waals surface area (Å²) in [6.45, 7) is 4.83. The fourth-order valence-electron chi connectivity index (χ4n) is 4.36. The second kappa shape index (κ2) is 7.45. The second-order valence-corrected chi connectivity index (χ2v) is 8.40. The third kappa shape index (κ3) is 3.78. The average molecular weight is 350 g/mol. The molecule has 2 aliphatic heterocycles. The van der Waals surface area contributed by atoms with Gasteiger partial charge < -0.3 is 0 Å². The van der Waals surface area contributed by atoms with E-state index < -0.39 is 0 Å². The molecule has 1 saturated carbocycles. The molecule has 0 spiro atoms. The quantitative estimate of drug-likeness (QED) is 0.904. The number of hydrogen-bond acceptors (Lipinski definition) is 6. The van der Waals surface area contributed by atoms with E-state index in [-0.39, 0.29) is 5.91 Å². The Kier molecular flexibility index (Phi) is 5.10. The number of carbonyl (C=O) groups excluding carboxylic acids is 1. The highest BCUT2D eigenvalue weighted by Gasteiger charge is 2.31. The van der Waals surface area contributed by atoms with Crippen molar-refractivity contribution in [2.45, 2.75) is 56.9 Å². The van der Waals surface area contributed by atoms with Gasteiger partial charge in [-0.2, -0.15) is 0 Å². The van der Waals surface area contributed by atoms with Crippen LogP contribution in [0.2, 0.25) is 0 Å². The fraction of sp³-hybridized carbons (Fsp3) is 0.824. The van der Waals surface area contributed by atoms with Crippen LogP contribution in [0.1, 0.15) is 55.9 Å². The zero-order chi connectivity index (χ0) is 16.4. The minimum absolute atomic E-state index is 0.0489. The van der Waals surface area contributed by atoms with E-state index in [1.54, 1.807) is 11.3 Å². The number of nitrogens with one attached hydrogen (secondary N) is 1. The number of amides is 1. The molecule has 3 fully saturated rings. The van der Waals surface area contributed by atoms with E-state index in [1.165, 1.54) is 51.5 Å². The molecule has 1 N–H and O–H groups in total. The van der Waals surface area contributed by atoms with Crippen LogP contribution in [-0.4, -0.2) is 64.7 Å². The van der Waals surface area contributed by atoms with Gasteiger partial charge >= 0.3 is 0 Å². The summed E-state index contributed by atoms with van der Waals surface area (Å²) < 4.78 is 0. The Balaban J connectivity index is 1.27. The average Bonchev–Trinajstić information content (AvgIpc) is 3.24. The van der Waals surface area contributed by atoms with Gasteiger partial charge in [0.1, 0.15) is 5.01 Å². The van der Waals surface area contributed by atoms with Crippen molar-refractivity contribution in [1.29, 1.82) is 0 Å². The minimum atomic E-state index is 0.0489. The number of nitrogens with zero attached hydrogens (tertiary/aromatic N) is 4. The summed E-state index contributed by atoms with van der Waals surface area (Å²) in [4.78, 5) is 17.2. The molecule has 1 atom stereocenters. The van der Waals surface area contributed by atoms with Gasteiger partial charge in [-0.3, -0.25) is 19.9 Å². The molecule has 1 unspecified atom stereocenters. The standard InChI is InChI=1S/C17H27N5OS/c23-15(12-21-9-10-22-8-4-7-14(22)11-21)18-17-20-19-16(24-17)13-5-2-1-3-6-13/h13-14H,1-12H2,(H,18,20,23). The normalized spacial score (nSPS) is 26.4. The lowest BCUT2D eigenvalue weighted by molar-refractivity contribution is -0.117. The summed E-state index contributed by atoms with van der Waals surface area (Å²) in [5.74, 6) is 0.602. The Hall–Kier alpha value is -1.05. The second-order valence-electron chi connectivity index (χ2n) is 7.40. The van der Waals surface area contributed by atoms with Crippen molar-refractivity contribution in [3.8, 4) is 0 Å². The smallest absolute Gasteiger partial charge is 0.240 e. The highest BCUT2D eigenvalue weighted by molar-refractivity contribution is 7.15. The summed E-state index contributed by atoms with van der Waals surface area (Å²) in [7, 11) is 0. The summed E-state index contributed by atoms with van der Waals surface area (Å²) >= 11 is 1.56. The van der Waals surface area contributed by atoms with Crippen LogP contribution in [0.3, 0.4) is 0 Å². The van der Waals surface area contributed by atoms with Gasteiger partial charge in [0.2, 0.25) is 11.0 Å². The third-order valence-corrected chi connectivity index (χ3v) is 6.68. The van der Waals surface area contributed by atoms with Gasteiger partial charge in [0.05, 0.1) is 6.54 Å². The van der Waals surface area contributed by atoms with E-state index in [0.717, 1.165) is 24.6 Å². The van der Waals surface area contributed by atoms with E-state index in [2.05, 4.69) is 25.3 Å². The Morgan fingerprint density at radius 2 is 1.96 bits per heavy atom. The van der Waals surface area contributed by atoms with Gasteiger partial charge in [-0.1, -0.05) is 30.6 Å². The third-order valence-electron chi connectivity index (χ3n) is 5.68. The predicted octanol–water partition coefficient (Wildman–Crippen LogP) is 2.30. The van der Waals surface area contributed by atoms with Crippen LogP contribution in [0.5, 0.6) is 0 Å². The first-order chi connectivity index (χ1) is 11.8. The van der Waals surface area contributed by atoms with Crippen molar-refractivity contribution in [2.75, 3.05) is 38.0 Å². The van der Waals surface area contributed by atoms with Gasteiger partial charge in [0.15, 0.2) is 0 Å². The molecular formula is C17H27N5OS. The molecule has 1 aromatic rings. The number of hydrogen-bond donors (Lipinski definition) is 1. The zero-order valence-electron chi connectivity index (χ0n) is 14.2. The highest BCUT2D eigenvalue weighted by Crippen LogP contribution is 2.35. The van der Waals surface area contributed by atoms with Crippen LogP contribution in [0.25, 0.3) is 0 Å². The van der Waals surface area contributed by atoms with Crippen LogP contribution in [0, 0.1) is 0 Å². The molecule has 3 heterocycles. The summed E-state index contributed by atoms with van der Waals surface area (Å²) in [5, 5.41) is 13.2. The summed E-state index contributed by atoms with van der Waals surface area (Å²) in [5.41, 5.74) is 0. The maximum absolute atomic E-state index is 12.3. The number of anilines is 1. The van der Waals surface area contributed by atoms with Crippen molar-refractivity contribution in [2.24, 2.45) is 0 Å². The largest absolute Gasteiger partial charge is 0.299 e. The van der Waals surface area contributed by atoms with Crippen LogP contribution in [0.15, 0.2) is 0 Å². The first-order valence-electron chi connectivity index (χ1n) is 9.37. The molecule has 1 aliphatic carbocycles. The first-order valence-corrected chi connectivity index (χ1v) is 10.2. The van der Waals surface area contributed by atoms with E-state index >= 15 is 0 Å². The SMILES string of the molecule is O=C(CN1CCN2CCCC2C1)Nc1nnc(C2CCCCC2)s1. The topological polar surface area (TPSA) is 61.4 Å². The molecule has 6 nitrogen and oxygen atoms in total. The Morgan fingerprint density at radius 1 is 1.08 bits per heavy atom. The number of carbonyl (C=O) groups is 1. The van der Waals surface area contributed by atoms with Crippen molar-refractivity contribution in [1.82, 2.24) is 20.0 Å². The number of rotatable bonds is 4. The molecule has 7 heteroatoms. The first kappa shape index (κ1) is 16.4. The predicted molar refractivity (Wildman–Crippen MR) is 95.4 cm³/mol. The van der Waals surface area contributed by atoms with Gasteiger partial charge in [0.25, 0.3) is 0 Å². The van der Waals surface area contributed by atoms with Crippen LogP contribution in [-0.2, 0) is 4.79 Å². The minimum Gasteiger partial charge on any atom is -0.299 e. The van der Waals surface area contributed by atoms with Gasteiger partial charge in [-0.25, -0.2) is 0 Å². The summed E-state index contributed by atoms with van der Waals surface area (Å²) in [6, 6.07) is 0.658. The lowest BCUT2D eigenvalue weighted by Gasteiger charge is -2.36. The van der Waals surface area contributed by atoms with E-state index in [0.29, 0.717) is 23.6 Å². The van der Waals surface area contributed by atoms with Crippen molar-refractivity contribution >= 4 is 22.4 Å². The molecule has 0 radical (unpaired) electrons. The zero-order valence-corrected chi connectivity index (χ0v) is 15.1. The number of aromatic nitrogens is 2. The molecule has 4 rings (SSSR count). The Bertz CT molecular complexity index is 571. The van der Waals surface area contributed by atoms with E-state index in [4.69, 9.17) is 0 Å². The molecule has 0 aromatic carbocycles. The van der Waals surface area contributed by atoms with E-state index in [1.807, 2.05) is 0 Å². The molecule has 1 aromatic heterocycles. The molecule has 3 aliphatic rings. The maximum Gasteiger partial charge on any atom is 0.240 e. The Morgan fingerprint density at radius 3 is 2.83 bits per heavy atom. The monoisotopic (exact) mass is 349 g/mol. The maximum atomic E-state index is 12.3. The molecule has 24 heavy (non-hydrogen) atoms. The molecule has 1 amide bonds. The van der Waals surface area contributed by atoms with Crippen LogP contribution in [0.4, 0.5) is 5.13 Å². The summed E-state index contributed by atoms with van der Waals surface area (Å²) in [6.07, 6.45) is 8.94. The van der Waals surface area contributed by atoms with Crippen LogP contribution >= 0.6 is 11.3 Å². The van der Waals surface area contributed by atoms with Crippen molar-refractivity contribution in [3.63, 3.8) is 0 Å². The highest BCUT2D eigenvalue weighted by atomic mass is 32.1.